The van der Waals surface area contributed by atoms with Crippen LogP contribution in [0.4, 0.5) is 0 Å². The maximum atomic E-state index is 10.8. The number of nitrogens with one attached hydrogen (secondary N) is 1. The molecule has 1 N–H and O–H groups in total. The average molecular weight is 177 g/mol. The Hall–Kier alpha value is -0.710. The van der Waals surface area contributed by atoms with Crippen molar-refractivity contribution in [2.75, 3.05) is 12.9 Å². The second-order valence-corrected chi connectivity index (χ2v) is 2.32. The van der Waals surface area contributed by atoms with Crippen molar-refractivity contribution in [3.8, 4) is 0 Å². The molecular formula is C6H11NO3S. The summed E-state index contributed by atoms with van der Waals surface area (Å²) in [5.41, 5.74) is 0. The summed E-state index contributed by atoms with van der Waals surface area (Å²) in [4.78, 5) is 21.3. The number of rotatable bonds is 3. The number of thiol groups is 1. The van der Waals surface area contributed by atoms with Crippen molar-refractivity contribution in [3.63, 3.8) is 0 Å². The van der Waals surface area contributed by atoms with E-state index in [1.165, 1.54) is 14.0 Å². The van der Waals surface area contributed by atoms with E-state index in [9.17, 15) is 9.59 Å². The zero-order valence-electron chi connectivity index (χ0n) is 6.46. The van der Waals surface area contributed by atoms with Crippen molar-refractivity contribution >= 4 is 24.5 Å². The number of carbonyl (C=O) groups is 2. The molecule has 0 heterocycles. The molecule has 1 atom stereocenters. The lowest BCUT2D eigenvalue weighted by Crippen LogP contribution is -2.41. The first-order valence-electron chi connectivity index (χ1n) is 3.07. The second-order valence-electron chi connectivity index (χ2n) is 1.96. The van der Waals surface area contributed by atoms with E-state index in [1.54, 1.807) is 0 Å². The van der Waals surface area contributed by atoms with Crippen LogP contribution in [0.2, 0.25) is 0 Å². The molecule has 64 valence electrons. The summed E-state index contributed by atoms with van der Waals surface area (Å²) in [6.45, 7) is 1.33. The Bertz CT molecular complexity index is 160. The normalized spacial score (nSPS) is 11.9. The van der Waals surface area contributed by atoms with Gasteiger partial charge < -0.3 is 10.1 Å². The lowest BCUT2D eigenvalue weighted by Gasteiger charge is -2.11. The Morgan fingerprint density at radius 2 is 2.18 bits per heavy atom. The van der Waals surface area contributed by atoms with E-state index in [2.05, 4.69) is 22.7 Å². The average Bonchev–Trinajstić information content (AvgIpc) is 1.98. The summed E-state index contributed by atoms with van der Waals surface area (Å²) < 4.78 is 4.40. The molecule has 0 saturated carbocycles. The van der Waals surface area contributed by atoms with Gasteiger partial charge in [-0.25, -0.2) is 4.79 Å². The largest absolute Gasteiger partial charge is 0.467 e. The van der Waals surface area contributed by atoms with Gasteiger partial charge in [-0.05, 0) is 0 Å². The highest BCUT2D eigenvalue weighted by Gasteiger charge is 2.17. The monoisotopic (exact) mass is 177 g/mol. The van der Waals surface area contributed by atoms with Crippen LogP contribution in [-0.4, -0.2) is 30.8 Å². The van der Waals surface area contributed by atoms with Gasteiger partial charge in [0.2, 0.25) is 5.91 Å². The molecular weight excluding hydrogens is 166 g/mol. The number of methoxy groups -OCH3 is 1. The lowest BCUT2D eigenvalue weighted by atomic mass is 10.3. The van der Waals surface area contributed by atoms with E-state index in [1.807, 2.05) is 0 Å². The van der Waals surface area contributed by atoms with E-state index in [-0.39, 0.29) is 11.7 Å². The highest BCUT2D eigenvalue weighted by atomic mass is 32.1. The molecule has 0 bridgehead atoms. The molecule has 0 aliphatic heterocycles. The smallest absolute Gasteiger partial charge is 0.329 e. The number of amides is 1. The Morgan fingerprint density at radius 3 is 2.45 bits per heavy atom. The summed E-state index contributed by atoms with van der Waals surface area (Å²) in [6, 6.07) is -0.638. The molecule has 0 saturated heterocycles. The summed E-state index contributed by atoms with van der Waals surface area (Å²) in [5.74, 6) is -0.503. The molecule has 0 aromatic carbocycles. The summed E-state index contributed by atoms with van der Waals surface area (Å²) in [5, 5.41) is 2.39. The molecule has 11 heavy (non-hydrogen) atoms. The zero-order valence-corrected chi connectivity index (χ0v) is 7.35. The molecule has 0 fully saturated rings. The van der Waals surface area contributed by atoms with Crippen molar-refractivity contribution in [1.29, 1.82) is 0 Å². The standard InChI is InChI=1S/C6H11NO3S/c1-4(8)7-5(3-11)6(9)10-2/h5,11H,3H2,1-2H3,(H,7,8)/t5-/m1/s1. The van der Waals surface area contributed by atoms with Gasteiger partial charge in [0.05, 0.1) is 7.11 Å². The molecule has 0 aromatic heterocycles. The number of carbonyl (C=O) groups excluding carboxylic acids is 2. The number of ether oxygens (including phenoxy) is 1. The SMILES string of the molecule is COC(=O)[C@@H](CS)NC(C)=O. The van der Waals surface area contributed by atoms with Gasteiger partial charge in [-0.15, -0.1) is 0 Å². The minimum Gasteiger partial charge on any atom is -0.467 e. The fourth-order valence-electron chi connectivity index (χ4n) is 0.567. The maximum absolute atomic E-state index is 10.8. The summed E-state index contributed by atoms with van der Waals surface area (Å²) >= 11 is 3.87. The Morgan fingerprint density at radius 1 is 1.64 bits per heavy atom. The molecule has 0 aromatic rings. The Kier molecular flexibility index (Phi) is 4.69. The van der Waals surface area contributed by atoms with Gasteiger partial charge in [-0.3, -0.25) is 4.79 Å². The molecule has 1 amide bonds. The third-order valence-electron chi connectivity index (χ3n) is 1.05. The quantitative estimate of drug-likeness (QED) is 0.455. The molecule has 5 heteroatoms. The predicted octanol–water partition coefficient (Wildman–Crippen LogP) is -0.406. The van der Waals surface area contributed by atoms with Crippen molar-refractivity contribution in [2.24, 2.45) is 0 Å². The number of esters is 1. The van der Waals surface area contributed by atoms with E-state index < -0.39 is 12.0 Å². The molecule has 0 rings (SSSR count). The third kappa shape index (κ3) is 3.87. The van der Waals surface area contributed by atoms with E-state index in [4.69, 9.17) is 0 Å². The maximum Gasteiger partial charge on any atom is 0.329 e. The predicted molar refractivity (Wildman–Crippen MR) is 43.5 cm³/mol. The van der Waals surface area contributed by atoms with Crippen molar-refractivity contribution < 1.29 is 14.3 Å². The third-order valence-corrected chi connectivity index (χ3v) is 1.41. The zero-order chi connectivity index (χ0) is 8.85. The van der Waals surface area contributed by atoms with Gasteiger partial charge in [-0.2, -0.15) is 12.6 Å². The van der Waals surface area contributed by atoms with E-state index in [0.717, 1.165) is 0 Å². The fraction of sp³-hybridized carbons (Fsp3) is 0.667. The topological polar surface area (TPSA) is 55.4 Å². The van der Waals surface area contributed by atoms with Crippen LogP contribution in [0.25, 0.3) is 0 Å². The van der Waals surface area contributed by atoms with Gasteiger partial charge in [0, 0.05) is 12.7 Å². The molecule has 0 unspecified atom stereocenters. The van der Waals surface area contributed by atoms with Crippen LogP contribution in [0.3, 0.4) is 0 Å². The molecule has 0 aliphatic carbocycles. The van der Waals surface area contributed by atoms with Gasteiger partial charge in [0.1, 0.15) is 6.04 Å². The Labute approximate surface area is 70.7 Å². The van der Waals surface area contributed by atoms with Crippen molar-refractivity contribution in [3.05, 3.63) is 0 Å². The van der Waals surface area contributed by atoms with Crippen LogP contribution in [0, 0.1) is 0 Å². The molecule has 0 radical (unpaired) electrons. The summed E-state index contributed by atoms with van der Waals surface area (Å²) in [6.07, 6.45) is 0. The number of hydrogen-bond acceptors (Lipinski definition) is 4. The van der Waals surface area contributed by atoms with Crippen LogP contribution in [0.1, 0.15) is 6.92 Å². The molecule has 4 nitrogen and oxygen atoms in total. The summed E-state index contributed by atoms with van der Waals surface area (Å²) in [7, 11) is 1.26. The van der Waals surface area contributed by atoms with Gasteiger partial charge in [0.25, 0.3) is 0 Å². The van der Waals surface area contributed by atoms with E-state index >= 15 is 0 Å². The van der Waals surface area contributed by atoms with Gasteiger partial charge >= 0.3 is 5.97 Å². The highest BCUT2D eigenvalue weighted by molar-refractivity contribution is 7.80. The van der Waals surface area contributed by atoms with Crippen LogP contribution in [0.15, 0.2) is 0 Å². The van der Waals surface area contributed by atoms with Crippen LogP contribution in [-0.2, 0) is 14.3 Å². The van der Waals surface area contributed by atoms with E-state index in [0.29, 0.717) is 0 Å². The minimum absolute atomic E-state index is 0.242. The molecule has 0 aliphatic rings. The number of hydrogen-bond donors (Lipinski definition) is 2. The first-order valence-corrected chi connectivity index (χ1v) is 3.70. The van der Waals surface area contributed by atoms with Crippen molar-refractivity contribution in [2.45, 2.75) is 13.0 Å². The second kappa shape index (κ2) is 5.01. The van der Waals surface area contributed by atoms with Gasteiger partial charge in [-0.1, -0.05) is 0 Å². The first-order chi connectivity index (χ1) is 5.11. The molecule has 0 spiro atoms. The Balaban J connectivity index is 3.94. The lowest BCUT2D eigenvalue weighted by molar-refractivity contribution is -0.144. The van der Waals surface area contributed by atoms with Crippen LogP contribution >= 0.6 is 12.6 Å². The highest BCUT2D eigenvalue weighted by Crippen LogP contribution is 1.90. The van der Waals surface area contributed by atoms with Crippen LogP contribution < -0.4 is 5.32 Å². The minimum atomic E-state index is -0.638. The van der Waals surface area contributed by atoms with Gasteiger partial charge in [0.15, 0.2) is 0 Å². The fourth-order valence-corrected chi connectivity index (χ4v) is 0.807. The first kappa shape index (κ1) is 10.3. The van der Waals surface area contributed by atoms with Crippen LogP contribution in [0.5, 0.6) is 0 Å². The van der Waals surface area contributed by atoms with Crippen molar-refractivity contribution in [1.82, 2.24) is 5.32 Å².